The Morgan fingerprint density at radius 3 is 2.68 bits per heavy atom. The molecular weight excluding hydrogens is 294 g/mol. The van der Waals surface area contributed by atoms with Gasteiger partial charge in [-0.15, -0.1) is 10.2 Å². The third-order valence-corrected chi connectivity index (χ3v) is 4.88. The third kappa shape index (κ3) is 3.51. The first-order chi connectivity index (χ1) is 10.6. The molecule has 2 aromatic rings. The first-order valence-corrected chi connectivity index (χ1v) is 8.62. The second-order valence-electron chi connectivity index (χ2n) is 6.07. The van der Waals surface area contributed by atoms with Crippen molar-refractivity contribution < 1.29 is 0 Å². The van der Waals surface area contributed by atoms with Gasteiger partial charge < -0.3 is 4.90 Å². The van der Waals surface area contributed by atoms with Crippen molar-refractivity contribution in [3.8, 4) is 11.4 Å². The van der Waals surface area contributed by atoms with Crippen LogP contribution in [0.2, 0.25) is 0 Å². The average Bonchev–Trinajstić information content (AvgIpc) is 2.91. The zero-order chi connectivity index (χ0) is 15.5. The van der Waals surface area contributed by atoms with E-state index in [1.54, 1.807) is 11.8 Å². The molecule has 0 aliphatic carbocycles. The minimum absolute atomic E-state index is 0.881. The molecule has 1 aliphatic heterocycles. The van der Waals surface area contributed by atoms with Crippen LogP contribution in [0.15, 0.2) is 29.4 Å². The minimum Gasteiger partial charge on any atom is -0.309 e. The molecule has 5 nitrogen and oxygen atoms in total. The summed E-state index contributed by atoms with van der Waals surface area (Å²) in [5.74, 6) is 1.97. The lowest BCUT2D eigenvalue weighted by Crippen LogP contribution is -2.32. The van der Waals surface area contributed by atoms with Gasteiger partial charge in [0.25, 0.3) is 0 Å². The molecule has 118 valence electrons. The van der Waals surface area contributed by atoms with Crippen LogP contribution in [0.5, 0.6) is 0 Å². The zero-order valence-corrected chi connectivity index (χ0v) is 14.3. The first kappa shape index (κ1) is 15.5. The predicted molar refractivity (Wildman–Crippen MR) is 90.8 cm³/mol. The number of hydrogen-bond acceptors (Lipinski definition) is 5. The van der Waals surface area contributed by atoms with Crippen molar-refractivity contribution in [3.05, 3.63) is 29.8 Å². The van der Waals surface area contributed by atoms with E-state index >= 15 is 0 Å². The number of benzene rings is 1. The van der Waals surface area contributed by atoms with Gasteiger partial charge >= 0.3 is 0 Å². The van der Waals surface area contributed by atoms with Crippen molar-refractivity contribution in [2.75, 3.05) is 33.1 Å². The van der Waals surface area contributed by atoms with E-state index in [1.807, 2.05) is 0 Å². The molecule has 1 aromatic heterocycles. The standard InChI is InChI=1S/C16H23N5S/c1-13-5-7-14(8-6-13)15-17-18-16-21(15)11-20(12-22-16)10-4-9-19(2)3/h5-8H,4,9-12H2,1-3H3. The quantitative estimate of drug-likeness (QED) is 0.847. The highest BCUT2D eigenvalue weighted by atomic mass is 32.2. The van der Waals surface area contributed by atoms with Crippen LogP contribution >= 0.6 is 11.8 Å². The Kier molecular flexibility index (Phi) is 4.81. The summed E-state index contributed by atoms with van der Waals surface area (Å²) < 4.78 is 2.23. The topological polar surface area (TPSA) is 37.2 Å². The predicted octanol–water partition coefficient (Wildman–Crippen LogP) is 2.53. The van der Waals surface area contributed by atoms with Crippen LogP contribution in [0.3, 0.4) is 0 Å². The maximum Gasteiger partial charge on any atom is 0.193 e. The van der Waals surface area contributed by atoms with Crippen LogP contribution in [0.25, 0.3) is 11.4 Å². The van der Waals surface area contributed by atoms with Crippen LogP contribution in [-0.4, -0.2) is 57.6 Å². The molecule has 3 rings (SSSR count). The molecule has 0 radical (unpaired) electrons. The Hall–Kier alpha value is -1.37. The van der Waals surface area contributed by atoms with Crippen molar-refractivity contribution in [1.29, 1.82) is 0 Å². The van der Waals surface area contributed by atoms with Gasteiger partial charge in [0.15, 0.2) is 11.0 Å². The van der Waals surface area contributed by atoms with Gasteiger partial charge in [0.2, 0.25) is 0 Å². The first-order valence-electron chi connectivity index (χ1n) is 7.63. The summed E-state index contributed by atoms with van der Waals surface area (Å²) in [5, 5.41) is 9.76. The van der Waals surface area contributed by atoms with E-state index < -0.39 is 0 Å². The molecule has 1 aliphatic rings. The molecule has 0 N–H and O–H groups in total. The SMILES string of the molecule is Cc1ccc(-c2nnc3n2CN(CCCN(C)C)CS3)cc1. The second kappa shape index (κ2) is 6.81. The average molecular weight is 317 g/mol. The summed E-state index contributed by atoms with van der Waals surface area (Å²) in [6.45, 7) is 5.22. The molecule has 0 bridgehead atoms. The molecule has 0 saturated heterocycles. The smallest absolute Gasteiger partial charge is 0.193 e. The summed E-state index contributed by atoms with van der Waals surface area (Å²) in [5.41, 5.74) is 2.40. The third-order valence-electron chi connectivity index (χ3n) is 3.82. The molecule has 0 unspecified atom stereocenters. The van der Waals surface area contributed by atoms with Gasteiger partial charge in [0.1, 0.15) is 0 Å². The summed E-state index contributed by atoms with van der Waals surface area (Å²) in [6, 6.07) is 8.51. The zero-order valence-electron chi connectivity index (χ0n) is 13.5. The number of aryl methyl sites for hydroxylation is 1. The second-order valence-corrected chi connectivity index (χ2v) is 6.98. The van der Waals surface area contributed by atoms with E-state index in [0.29, 0.717) is 0 Å². The number of nitrogens with zero attached hydrogens (tertiary/aromatic N) is 5. The van der Waals surface area contributed by atoms with Gasteiger partial charge in [-0.1, -0.05) is 41.6 Å². The van der Waals surface area contributed by atoms with Crippen LogP contribution in [-0.2, 0) is 6.67 Å². The van der Waals surface area contributed by atoms with Crippen LogP contribution in [0.4, 0.5) is 0 Å². The number of rotatable bonds is 5. The number of hydrogen-bond donors (Lipinski definition) is 0. The molecule has 22 heavy (non-hydrogen) atoms. The van der Waals surface area contributed by atoms with E-state index in [9.17, 15) is 0 Å². The molecule has 6 heteroatoms. The van der Waals surface area contributed by atoms with Crippen LogP contribution in [0, 0.1) is 6.92 Å². The molecular formula is C16H23N5S. The Balaban J connectivity index is 1.73. The van der Waals surface area contributed by atoms with Crippen LogP contribution in [0.1, 0.15) is 12.0 Å². The van der Waals surface area contributed by atoms with Gasteiger partial charge in [-0.2, -0.15) is 0 Å². The van der Waals surface area contributed by atoms with Crippen molar-refractivity contribution in [2.24, 2.45) is 0 Å². The molecule has 0 atom stereocenters. The Bertz CT molecular complexity index is 620. The largest absolute Gasteiger partial charge is 0.309 e. The molecule has 0 saturated carbocycles. The van der Waals surface area contributed by atoms with Gasteiger partial charge in [0.05, 0.1) is 12.5 Å². The monoisotopic (exact) mass is 317 g/mol. The number of fused-ring (bicyclic) bond motifs is 1. The maximum absolute atomic E-state index is 4.40. The Labute approximate surface area is 136 Å². The summed E-state index contributed by atoms with van der Waals surface area (Å²) in [6.07, 6.45) is 1.19. The number of thioether (sulfide) groups is 1. The minimum atomic E-state index is 0.881. The fraction of sp³-hybridized carbons (Fsp3) is 0.500. The van der Waals surface area contributed by atoms with E-state index in [1.165, 1.54) is 12.0 Å². The normalized spacial score (nSPS) is 15.3. The highest BCUT2D eigenvalue weighted by molar-refractivity contribution is 7.99. The summed E-state index contributed by atoms with van der Waals surface area (Å²) in [7, 11) is 4.25. The highest BCUT2D eigenvalue weighted by Crippen LogP contribution is 2.28. The van der Waals surface area contributed by atoms with Gasteiger partial charge in [-0.05, 0) is 34.0 Å². The molecule has 0 fully saturated rings. The van der Waals surface area contributed by atoms with Gasteiger partial charge in [-0.3, -0.25) is 9.47 Å². The van der Waals surface area contributed by atoms with Gasteiger partial charge in [0, 0.05) is 12.1 Å². The Morgan fingerprint density at radius 1 is 1.18 bits per heavy atom. The molecule has 0 amide bonds. The van der Waals surface area contributed by atoms with Crippen molar-refractivity contribution >= 4 is 11.8 Å². The van der Waals surface area contributed by atoms with Crippen LogP contribution < -0.4 is 0 Å². The van der Waals surface area contributed by atoms with E-state index in [4.69, 9.17) is 0 Å². The van der Waals surface area contributed by atoms with E-state index in [2.05, 4.69) is 69.8 Å². The summed E-state index contributed by atoms with van der Waals surface area (Å²) >= 11 is 1.78. The Morgan fingerprint density at radius 2 is 1.95 bits per heavy atom. The fourth-order valence-corrected chi connectivity index (χ4v) is 3.48. The van der Waals surface area contributed by atoms with E-state index in [-0.39, 0.29) is 0 Å². The molecule has 0 spiro atoms. The van der Waals surface area contributed by atoms with E-state index in [0.717, 1.165) is 42.2 Å². The lowest BCUT2D eigenvalue weighted by Gasteiger charge is -2.28. The van der Waals surface area contributed by atoms with Crippen molar-refractivity contribution in [2.45, 2.75) is 25.2 Å². The molecule has 2 heterocycles. The molecule has 1 aromatic carbocycles. The lowest BCUT2D eigenvalue weighted by molar-refractivity contribution is 0.226. The van der Waals surface area contributed by atoms with Gasteiger partial charge in [-0.25, -0.2) is 0 Å². The maximum atomic E-state index is 4.40. The fourth-order valence-electron chi connectivity index (χ4n) is 2.57. The van der Waals surface area contributed by atoms with Crippen molar-refractivity contribution in [1.82, 2.24) is 24.6 Å². The summed E-state index contributed by atoms with van der Waals surface area (Å²) in [4.78, 5) is 4.70. The lowest BCUT2D eigenvalue weighted by atomic mass is 10.1. The highest BCUT2D eigenvalue weighted by Gasteiger charge is 2.22. The number of aromatic nitrogens is 3. The van der Waals surface area contributed by atoms with Crippen molar-refractivity contribution in [3.63, 3.8) is 0 Å².